The molecule has 2 spiro atoms. The molecule has 2 aliphatic heterocycles. The number of methoxy groups -OCH3 is 1. The number of nitrogens with zero attached hydrogens (tertiary/aromatic N) is 2. The van der Waals surface area contributed by atoms with E-state index in [2.05, 4.69) is 60.3 Å². The molecule has 3 heterocycles. The Labute approximate surface area is 215 Å². The molecule has 190 valence electrons. The van der Waals surface area contributed by atoms with Crippen LogP contribution in [0.25, 0.3) is 10.8 Å². The van der Waals surface area contributed by atoms with E-state index in [-0.39, 0.29) is 16.6 Å². The van der Waals surface area contributed by atoms with Crippen molar-refractivity contribution in [3.63, 3.8) is 0 Å². The SMILES string of the molecule is COCCN(C)[C@H]1CCC2=CC3=CC[C@]4(C)[C@@H](c5ccc6ccncc6c5)CC[C@H]4[C@@]34CC[C@]2(C1)O4. The third kappa shape index (κ3) is 3.20. The molecule has 0 unspecified atom stereocenters. The van der Waals surface area contributed by atoms with E-state index in [1.54, 1.807) is 12.7 Å². The number of benzene rings is 1. The van der Waals surface area contributed by atoms with Gasteiger partial charge in [-0.3, -0.25) is 4.98 Å². The highest BCUT2D eigenvalue weighted by Gasteiger charge is 2.66. The van der Waals surface area contributed by atoms with Crippen LogP contribution in [0, 0.1) is 11.3 Å². The number of ether oxygens (including phenoxy) is 2. The van der Waals surface area contributed by atoms with E-state index in [1.807, 2.05) is 12.4 Å². The Morgan fingerprint density at radius 1 is 1.14 bits per heavy atom. The minimum Gasteiger partial charge on any atom is -0.383 e. The van der Waals surface area contributed by atoms with Crippen molar-refractivity contribution in [1.82, 2.24) is 9.88 Å². The predicted molar refractivity (Wildman–Crippen MR) is 144 cm³/mol. The zero-order valence-electron chi connectivity index (χ0n) is 22.1. The average molecular weight is 485 g/mol. The van der Waals surface area contributed by atoms with E-state index >= 15 is 0 Å². The first kappa shape index (κ1) is 23.1. The molecule has 2 bridgehead atoms. The van der Waals surface area contributed by atoms with Gasteiger partial charge in [0.1, 0.15) is 0 Å². The van der Waals surface area contributed by atoms with Gasteiger partial charge in [-0.2, -0.15) is 0 Å². The van der Waals surface area contributed by atoms with Gasteiger partial charge in [-0.15, -0.1) is 0 Å². The third-order valence-electron chi connectivity index (χ3n) is 11.0. The third-order valence-corrected chi connectivity index (χ3v) is 11.0. The van der Waals surface area contributed by atoms with Gasteiger partial charge in [0.25, 0.3) is 0 Å². The van der Waals surface area contributed by atoms with Crippen LogP contribution < -0.4 is 0 Å². The lowest BCUT2D eigenvalue weighted by Gasteiger charge is -2.55. The maximum Gasteiger partial charge on any atom is 0.0974 e. The Balaban J connectivity index is 1.21. The number of allylic oxidation sites excluding steroid dienone is 1. The summed E-state index contributed by atoms with van der Waals surface area (Å²) in [7, 11) is 4.07. The molecule has 36 heavy (non-hydrogen) atoms. The van der Waals surface area contributed by atoms with Gasteiger partial charge < -0.3 is 14.4 Å². The van der Waals surface area contributed by atoms with E-state index in [4.69, 9.17) is 9.47 Å². The van der Waals surface area contributed by atoms with Crippen LogP contribution in [-0.2, 0) is 9.47 Å². The van der Waals surface area contributed by atoms with E-state index < -0.39 is 0 Å². The van der Waals surface area contributed by atoms with E-state index in [9.17, 15) is 0 Å². The lowest BCUT2D eigenvalue weighted by atomic mass is 9.58. The maximum absolute atomic E-state index is 7.49. The van der Waals surface area contributed by atoms with Crippen LogP contribution in [0.2, 0.25) is 0 Å². The van der Waals surface area contributed by atoms with Crippen LogP contribution in [0.3, 0.4) is 0 Å². The molecule has 0 radical (unpaired) electrons. The van der Waals surface area contributed by atoms with Crippen LogP contribution in [0.5, 0.6) is 0 Å². The zero-order valence-corrected chi connectivity index (χ0v) is 22.1. The van der Waals surface area contributed by atoms with Gasteiger partial charge >= 0.3 is 0 Å². The normalized spacial score (nSPS) is 38.9. The molecule has 1 aromatic carbocycles. The fraction of sp³-hybridized carbons (Fsp3) is 0.594. The highest BCUT2D eigenvalue weighted by Crippen LogP contribution is 2.69. The Bertz CT molecular complexity index is 1250. The van der Waals surface area contributed by atoms with Crippen molar-refractivity contribution in [2.75, 3.05) is 27.3 Å². The van der Waals surface area contributed by atoms with Crippen LogP contribution in [0.4, 0.5) is 0 Å². The number of hydrogen-bond acceptors (Lipinski definition) is 4. The summed E-state index contributed by atoms with van der Waals surface area (Å²) in [5.41, 5.74) is 4.69. The van der Waals surface area contributed by atoms with E-state index in [0.717, 1.165) is 26.0 Å². The van der Waals surface area contributed by atoms with Gasteiger partial charge in [0.15, 0.2) is 0 Å². The highest BCUT2D eigenvalue weighted by atomic mass is 16.5. The molecule has 2 saturated carbocycles. The summed E-state index contributed by atoms with van der Waals surface area (Å²) in [5, 5.41) is 2.55. The quantitative estimate of drug-likeness (QED) is 0.490. The standard InChI is InChI=1S/C32H40N2O2/c1-30-12-10-26-19-25-6-7-27(34(2)16-17-35-3)20-31(25)13-14-32(26,36-31)29(30)9-8-28(30)23-5-4-22-11-15-33-21-24(22)18-23/h4-5,10-11,15,18-19,21,27-29H,6-9,12-14,16-17,20H2,1-3H3/t27-,28+,29+,30+,31+,32+/m0/s1. The lowest BCUT2D eigenvalue weighted by molar-refractivity contribution is -0.140. The van der Waals surface area contributed by atoms with Crippen LogP contribution in [0.15, 0.2) is 60.0 Å². The van der Waals surface area contributed by atoms with Crippen molar-refractivity contribution < 1.29 is 9.47 Å². The van der Waals surface area contributed by atoms with Crippen LogP contribution >= 0.6 is 0 Å². The molecule has 5 aliphatic rings. The second kappa shape index (κ2) is 8.24. The molecule has 2 aromatic rings. The average Bonchev–Trinajstić information content (AvgIpc) is 3.41. The molecule has 3 fully saturated rings. The zero-order chi connectivity index (χ0) is 24.5. The maximum atomic E-state index is 7.49. The first-order chi connectivity index (χ1) is 17.5. The number of hydrogen-bond donors (Lipinski definition) is 0. The molecule has 6 atom stereocenters. The molecule has 0 N–H and O–H groups in total. The van der Waals surface area contributed by atoms with Gasteiger partial charge in [0.05, 0.1) is 17.8 Å². The summed E-state index contributed by atoms with van der Waals surface area (Å²) in [5.74, 6) is 1.16. The second-order valence-electron chi connectivity index (χ2n) is 12.6. The fourth-order valence-corrected chi connectivity index (χ4v) is 9.04. The molecule has 0 amide bonds. The largest absolute Gasteiger partial charge is 0.383 e. The molecule has 3 aliphatic carbocycles. The van der Waals surface area contributed by atoms with E-state index in [0.29, 0.717) is 17.9 Å². The minimum atomic E-state index is -0.0867. The van der Waals surface area contributed by atoms with Crippen molar-refractivity contribution >= 4 is 10.8 Å². The number of aromatic nitrogens is 1. The Morgan fingerprint density at radius 2 is 2.06 bits per heavy atom. The van der Waals surface area contributed by atoms with Crippen LogP contribution in [0.1, 0.15) is 69.8 Å². The summed E-state index contributed by atoms with van der Waals surface area (Å²) in [6, 6.07) is 9.79. The summed E-state index contributed by atoms with van der Waals surface area (Å²) < 4.78 is 12.9. The van der Waals surface area contributed by atoms with Crippen molar-refractivity contribution in [1.29, 1.82) is 0 Å². The molecule has 1 aromatic heterocycles. The number of pyridine rings is 1. The Kier molecular flexibility index (Phi) is 5.30. The smallest absolute Gasteiger partial charge is 0.0974 e. The first-order valence-corrected chi connectivity index (χ1v) is 14.1. The Morgan fingerprint density at radius 3 is 2.94 bits per heavy atom. The first-order valence-electron chi connectivity index (χ1n) is 14.1. The van der Waals surface area contributed by atoms with Crippen LogP contribution in [-0.4, -0.2) is 54.4 Å². The number of fused-ring (bicyclic) bond motifs is 2. The number of likely N-dealkylation sites (N-methyl/N-ethyl adjacent to an activating group) is 1. The predicted octanol–water partition coefficient (Wildman–Crippen LogP) is 6.42. The van der Waals surface area contributed by atoms with Gasteiger partial charge in [-0.05, 0) is 110 Å². The molecular formula is C32H40N2O2. The molecule has 4 heteroatoms. The second-order valence-corrected chi connectivity index (χ2v) is 12.6. The summed E-state index contributed by atoms with van der Waals surface area (Å²) in [6.07, 6.45) is 18.7. The lowest BCUT2D eigenvalue weighted by Crippen LogP contribution is -2.55. The van der Waals surface area contributed by atoms with Crippen molar-refractivity contribution in [3.05, 3.63) is 65.5 Å². The van der Waals surface area contributed by atoms with E-state index in [1.165, 1.54) is 60.4 Å². The summed E-state index contributed by atoms with van der Waals surface area (Å²) >= 11 is 0. The minimum absolute atomic E-state index is 0.0491. The summed E-state index contributed by atoms with van der Waals surface area (Å²) in [6.45, 7) is 4.36. The topological polar surface area (TPSA) is 34.6 Å². The summed E-state index contributed by atoms with van der Waals surface area (Å²) in [4.78, 5) is 6.90. The highest BCUT2D eigenvalue weighted by molar-refractivity contribution is 5.82. The molecule has 7 rings (SSSR count). The monoisotopic (exact) mass is 484 g/mol. The van der Waals surface area contributed by atoms with Gasteiger partial charge in [0, 0.05) is 37.5 Å². The number of rotatable bonds is 5. The molecule has 1 saturated heterocycles. The molecule has 4 nitrogen and oxygen atoms in total. The van der Waals surface area contributed by atoms with Gasteiger partial charge in [-0.25, -0.2) is 0 Å². The van der Waals surface area contributed by atoms with Crippen molar-refractivity contribution in [2.45, 2.75) is 81.5 Å². The van der Waals surface area contributed by atoms with Crippen molar-refractivity contribution in [2.24, 2.45) is 11.3 Å². The van der Waals surface area contributed by atoms with Crippen molar-refractivity contribution in [3.8, 4) is 0 Å². The fourth-order valence-electron chi connectivity index (χ4n) is 9.04. The molecular weight excluding hydrogens is 444 g/mol. The van der Waals surface area contributed by atoms with Gasteiger partial charge in [-0.1, -0.05) is 31.2 Å². The van der Waals surface area contributed by atoms with Gasteiger partial charge in [0.2, 0.25) is 0 Å². The Hall–Kier alpha value is -2.01.